The van der Waals surface area contributed by atoms with Crippen LogP contribution in [-0.2, 0) is 11.3 Å². The van der Waals surface area contributed by atoms with Crippen LogP contribution in [0.3, 0.4) is 0 Å². The van der Waals surface area contributed by atoms with E-state index in [4.69, 9.17) is 0 Å². The van der Waals surface area contributed by atoms with Crippen LogP contribution in [0.15, 0.2) is 18.2 Å². The molecule has 4 heteroatoms. The van der Waals surface area contributed by atoms with Gasteiger partial charge in [-0.25, -0.2) is 4.39 Å². The normalized spacial score (nSPS) is 14.6. The zero-order chi connectivity index (χ0) is 13.0. The standard InChI is InChI=1S/C14H19FN2O/c1-10-8-11(2-5-13(10)15)9-16-6-7-17-14(18)12-3-4-12/h2,5,8,12,16H,3-4,6-7,9H2,1H3,(H,17,18). The molecule has 2 N–H and O–H groups in total. The summed E-state index contributed by atoms with van der Waals surface area (Å²) in [6, 6.07) is 5.10. The Balaban J connectivity index is 1.62. The number of aryl methyl sites for hydroxylation is 1. The maximum atomic E-state index is 13.0. The van der Waals surface area contributed by atoms with Crippen LogP contribution in [0.4, 0.5) is 4.39 Å². The van der Waals surface area contributed by atoms with Crippen LogP contribution in [0.2, 0.25) is 0 Å². The number of nitrogens with one attached hydrogen (secondary N) is 2. The minimum Gasteiger partial charge on any atom is -0.355 e. The second-order valence-corrected chi connectivity index (χ2v) is 4.83. The van der Waals surface area contributed by atoms with Crippen LogP contribution >= 0.6 is 0 Å². The number of carbonyl (C=O) groups excluding carboxylic acids is 1. The van der Waals surface area contributed by atoms with Crippen molar-refractivity contribution in [1.82, 2.24) is 10.6 Å². The smallest absolute Gasteiger partial charge is 0.223 e. The van der Waals surface area contributed by atoms with Crippen molar-refractivity contribution < 1.29 is 9.18 Å². The number of hydrogen-bond acceptors (Lipinski definition) is 2. The van der Waals surface area contributed by atoms with Crippen molar-refractivity contribution in [1.29, 1.82) is 0 Å². The Labute approximate surface area is 107 Å². The molecular formula is C14H19FN2O. The molecule has 1 aromatic carbocycles. The van der Waals surface area contributed by atoms with Crippen molar-refractivity contribution in [2.75, 3.05) is 13.1 Å². The molecule has 0 radical (unpaired) electrons. The molecule has 98 valence electrons. The Morgan fingerprint density at radius 1 is 1.39 bits per heavy atom. The Morgan fingerprint density at radius 2 is 2.17 bits per heavy atom. The van der Waals surface area contributed by atoms with Gasteiger partial charge in [-0.1, -0.05) is 12.1 Å². The molecule has 0 saturated heterocycles. The summed E-state index contributed by atoms with van der Waals surface area (Å²) in [6.45, 7) is 3.83. The molecule has 2 rings (SSSR count). The van der Waals surface area contributed by atoms with E-state index in [9.17, 15) is 9.18 Å². The number of carbonyl (C=O) groups is 1. The van der Waals surface area contributed by atoms with E-state index in [2.05, 4.69) is 10.6 Å². The summed E-state index contributed by atoms with van der Waals surface area (Å²) in [7, 11) is 0. The molecule has 1 aliphatic rings. The molecule has 0 aliphatic heterocycles. The lowest BCUT2D eigenvalue weighted by molar-refractivity contribution is -0.122. The molecule has 0 aromatic heterocycles. The third-order valence-electron chi connectivity index (χ3n) is 3.10. The lowest BCUT2D eigenvalue weighted by Gasteiger charge is -2.07. The predicted molar refractivity (Wildman–Crippen MR) is 68.6 cm³/mol. The molecular weight excluding hydrogens is 231 g/mol. The van der Waals surface area contributed by atoms with Gasteiger partial charge in [0.05, 0.1) is 0 Å². The van der Waals surface area contributed by atoms with Gasteiger partial charge in [0.25, 0.3) is 0 Å². The fourth-order valence-electron chi connectivity index (χ4n) is 1.81. The van der Waals surface area contributed by atoms with Crippen molar-refractivity contribution in [2.45, 2.75) is 26.3 Å². The van der Waals surface area contributed by atoms with Crippen molar-refractivity contribution in [2.24, 2.45) is 5.92 Å². The molecule has 0 bridgehead atoms. The number of amides is 1. The predicted octanol–water partition coefficient (Wildman–Crippen LogP) is 1.75. The third-order valence-corrected chi connectivity index (χ3v) is 3.10. The van der Waals surface area contributed by atoms with Crippen LogP contribution in [0, 0.1) is 18.7 Å². The highest BCUT2D eigenvalue weighted by Gasteiger charge is 2.28. The largest absolute Gasteiger partial charge is 0.355 e. The molecule has 0 heterocycles. The Hall–Kier alpha value is -1.42. The lowest BCUT2D eigenvalue weighted by atomic mass is 10.1. The zero-order valence-electron chi connectivity index (χ0n) is 10.6. The van der Waals surface area contributed by atoms with Crippen molar-refractivity contribution in [3.05, 3.63) is 35.1 Å². The van der Waals surface area contributed by atoms with Gasteiger partial charge in [0.2, 0.25) is 5.91 Å². The van der Waals surface area contributed by atoms with E-state index < -0.39 is 0 Å². The summed E-state index contributed by atoms with van der Waals surface area (Å²) >= 11 is 0. The Kier molecular flexibility index (Phi) is 4.31. The monoisotopic (exact) mass is 250 g/mol. The second kappa shape index (κ2) is 5.96. The van der Waals surface area contributed by atoms with Gasteiger partial charge in [-0.05, 0) is 37.0 Å². The first kappa shape index (κ1) is 13.0. The topological polar surface area (TPSA) is 41.1 Å². The van der Waals surface area contributed by atoms with E-state index >= 15 is 0 Å². The molecule has 3 nitrogen and oxygen atoms in total. The number of hydrogen-bond donors (Lipinski definition) is 2. The molecule has 0 spiro atoms. The van der Waals surface area contributed by atoms with Crippen LogP contribution in [-0.4, -0.2) is 19.0 Å². The van der Waals surface area contributed by atoms with Crippen molar-refractivity contribution in [3.63, 3.8) is 0 Å². The van der Waals surface area contributed by atoms with Crippen LogP contribution in [0.5, 0.6) is 0 Å². The summed E-state index contributed by atoms with van der Waals surface area (Å²) < 4.78 is 13.0. The SMILES string of the molecule is Cc1cc(CNCCNC(=O)C2CC2)ccc1F. The Morgan fingerprint density at radius 3 is 2.83 bits per heavy atom. The summed E-state index contributed by atoms with van der Waals surface area (Å²) in [5, 5.41) is 6.12. The van der Waals surface area contributed by atoms with E-state index in [1.54, 1.807) is 13.0 Å². The van der Waals surface area contributed by atoms with Gasteiger partial charge in [0, 0.05) is 25.6 Å². The lowest BCUT2D eigenvalue weighted by Crippen LogP contribution is -2.32. The fourth-order valence-corrected chi connectivity index (χ4v) is 1.81. The van der Waals surface area contributed by atoms with Crippen molar-refractivity contribution >= 4 is 5.91 Å². The van der Waals surface area contributed by atoms with Crippen molar-refractivity contribution in [3.8, 4) is 0 Å². The van der Waals surface area contributed by atoms with Crippen LogP contribution < -0.4 is 10.6 Å². The molecule has 0 unspecified atom stereocenters. The van der Waals surface area contributed by atoms with E-state index in [1.165, 1.54) is 6.07 Å². The first-order valence-corrected chi connectivity index (χ1v) is 6.40. The molecule has 1 saturated carbocycles. The summed E-state index contributed by atoms with van der Waals surface area (Å²) in [5.74, 6) is 0.273. The fraction of sp³-hybridized carbons (Fsp3) is 0.500. The first-order valence-electron chi connectivity index (χ1n) is 6.40. The molecule has 1 fully saturated rings. The van der Waals surface area contributed by atoms with Gasteiger partial charge in [-0.2, -0.15) is 0 Å². The quantitative estimate of drug-likeness (QED) is 0.755. The van der Waals surface area contributed by atoms with E-state index in [1.807, 2.05) is 6.07 Å². The average molecular weight is 250 g/mol. The highest BCUT2D eigenvalue weighted by atomic mass is 19.1. The maximum Gasteiger partial charge on any atom is 0.223 e. The minimum atomic E-state index is -0.171. The number of rotatable bonds is 6. The Bertz CT molecular complexity index is 430. The van der Waals surface area contributed by atoms with E-state index in [-0.39, 0.29) is 17.6 Å². The van der Waals surface area contributed by atoms with E-state index in [0.29, 0.717) is 18.7 Å². The summed E-state index contributed by atoms with van der Waals surface area (Å²) in [4.78, 5) is 11.3. The van der Waals surface area contributed by atoms with Gasteiger partial charge < -0.3 is 10.6 Å². The number of benzene rings is 1. The van der Waals surface area contributed by atoms with Gasteiger partial charge in [0.15, 0.2) is 0 Å². The summed E-state index contributed by atoms with van der Waals surface area (Å²) in [6.07, 6.45) is 2.07. The van der Waals surface area contributed by atoms with Gasteiger partial charge in [0.1, 0.15) is 5.82 Å². The second-order valence-electron chi connectivity index (χ2n) is 4.83. The van der Waals surface area contributed by atoms with E-state index in [0.717, 1.165) is 24.9 Å². The highest BCUT2D eigenvalue weighted by Crippen LogP contribution is 2.28. The molecule has 1 aliphatic carbocycles. The number of halogens is 1. The molecule has 1 aromatic rings. The first-order chi connectivity index (χ1) is 8.66. The van der Waals surface area contributed by atoms with Gasteiger partial charge in [-0.3, -0.25) is 4.79 Å². The zero-order valence-corrected chi connectivity index (χ0v) is 10.6. The molecule has 0 atom stereocenters. The highest BCUT2D eigenvalue weighted by molar-refractivity contribution is 5.80. The average Bonchev–Trinajstić information content (AvgIpc) is 3.17. The third kappa shape index (κ3) is 3.81. The summed E-state index contributed by atoms with van der Waals surface area (Å²) in [5.41, 5.74) is 1.72. The maximum absolute atomic E-state index is 13.0. The van der Waals surface area contributed by atoms with Gasteiger partial charge >= 0.3 is 0 Å². The van der Waals surface area contributed by atoms with Crippen LogP contribution in [0.25, 0.3) is 0 Å². The van der Waals surface area contributed by atoms with Gasteiger partial charge in [-0.15, -0.1) is 0 Å². The van der Waals surface area contributed by atoms with Crippen LogP contribution in [0.1, 0.15) is 24.0 Å². The molecule has 18 heavy (non-hydrogen) atoms. The minimum absolute atomic E-state index is 0.171. The molecule has 1 amide bonds.